The van der Waals surface area contributed by atoms with Gasteiger partial charge in [0, 0.05) is 10.1 Å². The average molecular weight is 224 g/mol. The molecule has 0 amide bonds. The Kier molecular flexibility index (Phi) is 1.56. The number of rotatable bonds is 0. The third kappa shape index (κ3) is 1.06. The molecule has 3 rings (SSSR count). The molecule has 0 bridgehead atoms. The summed E-state index contributed by atoms with van der Waals surface area (Å²) in [6, 6.07) is 5.70. The fourth-order valence-corrected chi connectivity index (χ4v) is 4.72. The highest BCUT2D eigenvalue weighted by atomic mass is 32.2. The first-order chi connectivity index (χ1) is 6.34. The molecule has 0 unspecified atom stereocenters. The highest BCUT2D eigenvalue weighted by molar-refractivity contribution is 7.42. The molecule has 1 nitrogen and oxygen atoms in total. The summed E-state index contributed by atoms with van der Waals surface area (Å²) in [6.45, 7) is 0. The molecule has 64 valence electrons. The molecular weight excluding hydrogens is 220 g/mol. The average Bonchev–Trinajstić information content (AvgIpc) is 2.62. The molecule has 0 aromatic carbocycles. The molecule has 13 heavy (non-hydrogen) atoms. The van der Waals surface area contributed by atoms with E-state index in [9.17, 15) is 4.79 Å². The summed E-state index contributed by atoms with van der Waals surface area (Å²) in [5, 5.41) is 3.33. The van der Waals surface area contributed by atoms with Crippen LogP contribution in [-0.4, -0.2) is 0 Å². The molecule has 0 N–H and O–H groups in total. The molecular formula is C9H4OS3. The third-order valence-electron chi connectivity index (χ3n) is 1.88. The Bertz CT molecular complexity index is 629. The highest BCUT2D eigenvalue weighted by Gasteiger charge is 2.05. The van der Waals surface area contributed by atoms with Gasteiger partial charge in [-0.05, 0) is 23.6 Å². The Morgan fingerprint density at radius 2 is 2.00 bits per heavy atom. The molecule has 0 aliphatic carbocycles. The van der Waals surface area contributed by atoms with Crippen LogP contribution >= 0.6 is 34.0 Å². The molecule has 3 aromatic rings. The topological polar surface area (TPSA) is 17.1 Å². The van der Waals surface area contributed by atoms with Gasteiger partial charge in [0.2, 0.25) is 4.74 Å². The van der Waals surface area contributed by atoms with Crippen molar-refractivity contribution >= 4 is 52.8 Å². The van der Waals surface area contributed by atoms with Gasteiger partial charge in [-0.1, -0.05) is 11.3 Å². The quantitative estimate of drug-likeness (QED) is 0.571. The summed E-state index contributed by atoms with van der Waals surface area (Å²) >= 11 is 4.80. The van der Waals surface area contributed by atoms with Crippen LogP contribution in [0, 0.1) is 0 Å². The minimum atomic E-state index is 0.140. The van der Waals surface area contributed by atoms with Gasteiger partial charge < -0.3 is 0 Å². The zero-order chi connectivity index (χ0) is 8.84. The summed E-state index contributed by atoms with van der Waals surface area (Å²) in [7, 11) is 0. The SMILES string of the molecule is O=c1ccc2c(s1)sc1ccsc12. The largest absolute Gasteiger partial charge is 0.278 e. The first-order valence-corrected chi connectivity index (χ1v) is 6.26. The van der Waals surface area contributed by atoms with E-state index in [0.29, 0.717) is 0 Å². The fourth-order valence-electron chi connectivity index (χ4n) is 1.32. The van der Waals surface area contributed by atoms with E-state index in [1.165, 1.54) is 26.1 Å². The monoisotopic (exact) mass is 224 g/mol. The number of hydrogen-bond donors (Lipinski definition) is 0. The lowest BCUT2D eigenvalue weighted by Gasteiger charge is -1.83. The van der Waals surface area contributed by atoms with Crippen LogP contribution in [0.1, 0.15) is 0 Å². The van der Waals surface area contributed by atoms with Crippen LogP contribution in [0.5, 0.6) is 0 Å². The molecule has 0 spiro atoms. The van der Waals surface area contributed by atoms with Gasteiger partial charge in [-0.25, -0.2) is 0 Å². The Morgan fingerprint density at radius 3 is 2.92 bits per heavy atom. The lowest BCUT2D eigenvalue weighted by atomic mass is 10.4. The summed E-state index contributed by atoms with van der Waals surface area (Å²) < 4.78 is 3.90. The van der Waals surface area contributed by atoms with Crippen molar-refractivity contribution in [3.8, 4) is 0 Å². The predicted molar refractivity (Wildman–Crippen MR) is 61.4 cm³/mol. The second-order valence-electron chi connectivity index (χ2n) is 2.67. The van der Waals surface area contributed by atoms with Crippen LogP contribution in [0.3, 0.4) is 0 Å². The summed E-state index contributed by atoms with van der Waals surface area (Å²) in [4.78, 5) is 11.1. The lowest BCUT2D eigenvalue weighted by molar-refractivity contribution is 1.85. The molecule has 0 aliphatic rings. The summed E-state index contributed by atoms with van der Waals surface area (Å²) in [5.41, 5.74) is 0. The van der Waals surface area contributed by atoms with Crippen LogP contribution in [0.2, 0.25) is 0 Å². The Balaban J connectivity index is 2.66. The summed E-state index contributed by atoms with van der Waals surface area (Å²) in [6.07, 6.45) is 0. The van der Waals surface area contributed by atoms with Crippen molar-refractivity contribution in [3.63, 3.8) is 0 Å². The van der Waals surface area contributed by atoms with E-state index in [-0.39, 0.29) is 4.74 Å². The van der Waals surface area contributed by atoms with Gasteiger partial charge in [-0.3, -0.25) is 4.79 Å². The van der Waals surface area contributed by atoms with Crippen LogP contribution in [-0.2, 0) is 0 Å². The van der Waals surface area contributed by atoms with Gasteiger partial charge in [0.05, 0.1) is 8.71 Å². The first kappa shape index (κ1) is 7.67. The maximum absolute atomic E-state index is 11.1. The van der Waals surface area contributed by atoms with Crippen molar-refractivity contribution in [1.29, 1.82) is 0 Å². The lowest BCUT2D eigenvalue weighted by Crippen LogP contribution is -1.86. The van der Waals surface area contributed by atoms with Crippen molar-refractivity contribution < 1.29 is 0 Å². The van der Waals surface area contributed by atoms with Gasteiger partial charge in [0.25, 0.3) is 0 Å². The standard InChI is InChI=1S/C9H4OS3/c10-7-2-1-5-8-6(3-4-11-8)12-9(5)13-7/h1-4H. The highest BCUT2D eigenvalue weighted by Crippen LogP contribution is 2.37. The summed E-state index contributed by atoms with van der Waals surface area (Å²) in [5.74, 6) is 0. The van der Waals surface area contributed by atoms with Crippen molar-refractivity contribution in [1.82, 2.24) is 0 Å². The van der Waals surface area contributed by atoms with Gasteiger partial charge in [-0.2, -0.15) is 0 Å². The second-order valence-corrected chi connectivity index (χ2v) is 5.91. The van der Waals surface area contributed by atoms with E-state index in [1.807, 2.05) is 6.07 Å². The van der Waals surface area contributed by atoms with E-state index in [0.717, 1.165) is 4.01 Å². The Morgan fingerprint density at radius 1 is 1.08 bits per heavy atom. The molecule has 3 aromatic heterocycles. The second kappa shape index (κ2) is 2.64. The van der Waals surface area contributed by atoms with Crippen LogP contribution in [0.15, 0.2) is 28.4 Å². The van der Waals surface area contributed by atoms with Crippen LogP contribution in [0.25, 0.3) is 18.8 Å². The van der Waals surface area contributed by atoms with Crippen LogP contribution in [0.4, 0.5) is 0 Å². The normalized spacial score (nSPS) is 11.4. The molecule has 0 radical (unpaired) electrons. The zero-order valence-corrected chi connectivity index (χ0v) is 8.89. The molecule has 0 saturated heterocycles. The maximum atomic E-state index is 11.1. The zero-order valence-electron chi connectivity index (χ0n) is 6.44. The number of thiophene rings is 2. The first-order valence-electron chi connectivity index (χ1n) is 3.74. The van der Waals surface area contributed by atoms with Gasteiger partial charge in [0.1, 0.15) is 0 Å². The molecule has 0 atom stereocenters. The predicted octanol–water partition coefficient (Wildman–Crippen LogP) is 3.54. The van der Waals surface area contributed by atoms with Crippen LogP contribution < -0.4 is 4.74 Å². The molecule has 3 heterocycles. The smallest absolute Gasteiger partial charge is 0.233 e. The van der Waals surface area contributed by atoms with Gasteiger partial charge >= 0.3 is 0 Å². The fraction of sp³-hybridized carbons (Fsp3) is 0. The minimum Gasteiger partial charge on any atom is -0.278 e. The van der Waals surface area contributed by atoms with Gasteiger partial charge in [0.15, 0.2) is 0 Å². The molecule has 0 saturated carbocycles. The number of fused-ring (bicyclic) bond motifs is 3. The van der Waals surface area contributed by atoms with Crippen molar-refractivity contribution in [2.45, 2.75) is 0 Å². The van der Waals surface area contributed by atoms with Crippen molar-refractivity contribution in [2.24, 2.45) is 0 Å². The van der Waals surface area contributed by atoms with E-state index < -0.39 is 0 Å². The van der Waals surface area contributed by atoms with E-state index in [4.69, 9.17) is 0 Å². The third-order valence-corrected chi connectivity index (χ3v) is 5.16. The van der Waals surface area contributed by atoms with E-state index in [2.05, 4.69) is 11.4 Å². The van der Waals surface area contributed by atoms with E-state index in [1.54, 1.807) is 28.7 Å². The molecule has 4 heteroatoms. The maximum Gasteiger partial charge on any atom is 0.233 e. The van der Waals surface area contributed by atoms with Crippen molar-refractivity contribution in [2.75, 3.05) is 0 Å². The van der Waals surface area contributed by atoms with Gasteiger partial charge in [-0.15, -0.1) is 22.7 Å². The Labute approximate surface area is 85.9 Å². The van der Waals surface area contributed by atoms with E-state index >= 15 is 0 Å². The Hall–Kier alpha value is -0.710. The van der Waals surface area contributed by atoms with Crippen molar-refractivity contribution in [3.05, 3.63) is 33.1 Å². The molecule has 0 fully saturated rings. The molecule has 0 aliphatic heterocycles. The minimum absolute atomic E-state index is 0.140. The number of hydrogen-bond acceptors (Lipinski definition) is 4.